The van der Waals surface area contributed by atoms with E-state index in [4.69, 9.17) is 9.72 Å². The number of anilines is 1. The summed E-state index contributed by atoms with van der Waals surface area (Å²) in [6.07, 6.45) is 3.85. The topological polar surface area (TPSA) is 68.3 Å². The van der Waals surface area contributed by atoms with Gasteiger partial charge in [0, 0.05) is 15.8 Å². The summed E-state index contributed by atoms with van der Waals surface area (Å²) < 4.78 is 5.18. The Morgan fingerprint density at radius 2 is 1.90 bits per heavy atom. The Kier molecular flexibility index (Phi) is 7.34. The number of fused-ring (bicyclic) bond motifs is 2. The van der Waals surface area contributed by atoms with E-state index in [9.17, 15) is 9.59 Å². The van der Waals surface area contributed by atoms with Gasteiger partial charge in [0.1, 0.15) is 5.00 Å². The number of rotatable bonds is 6. The van der Waals surface area contributed by atoms with E-state index >= 15 is 0 Å². The van der Waals surface area contributed by atoms with Crippen LogP contribution in [0.3, 0.4) is 0 Å². The normalized spacial score (nSPS) is 15.2. The van der Waals surface area contributed by atoms with Crippen LogP contribution in [0.25, 0.3) is 22.2 Å². The number of benzene rings is 2. The van der Waals surface area contributed by atoms with Gasteiger partial charge in [0.25, 0.3) is 5.91 Å². The lowest BCUT2D eigenvalue weighted by atomic mass is 9.69. The number of nitrogens with zero attached hydrogens (tertiary/aromatic N) is 1. The first-order chi connectivity index (χ1) is 18.6. The van der Waals surface area contributed by atoms with Gasteiger partial charge in [-0.15, -0.1) is 11.3 Å². The molecule has 0 bridgehead atoms. The summed E-state index contributed by atoms with van der Waals surface area (Å²) in [4.78, 5) is 32.9. The highest BCUT2D eigenvalue weighted by Crippen LogP contribution is 2.46. The predicted molar refractivity (Wildman–Crippen MR) is 160 cm³/mol. The number of pyridine rings is 1. The summed E-state index contributed by atoms with van der Waals surface area (Å²) in [7, 11) is 1.40. The lowest BCUT2D eigenvalue weighted by molar-refractivity contribution is 0.0600. The Morgan fingerprint density at radius 3 is 2.62 bits per heavy atom. The third kappa shape index (κ3) is 5.10. The smallest absolute Gasteiger partial charge is 0.341 e. The predicted octanol–water partition coefficient (Wildman–Crippen LogP) is 8.16. The molecular formula is C33H36N2O3S. The highest BCUT2D eigenvalue weighted by atomic mass is 32.1. The molecule has 0 fully saturated rings. The number of hydrogen-bond acceptors (Lipinski definition) is 5. The number of ether oxygens (including phenoxy) is 1. The van der Waals surface area contributed by atoms with Gasteiger partial charge in [-0.3, -0.25) is 4.79 Å². The third-order valence-corrected chi connectivity index (χ3v) is 9.69. The van der Waals surface area contributed by atoms with Crippen LogP contribution in [-0.2, 0) is 17.6 Å². The molecule has 1 amide bonds. The van der Waals surface area contributed by atoms with Crippen LogP contribution >= 0.6 is 11.3 Å². The van der Waals surface area contributed by atoms with E-state index in [0.717, 1.165) is 59.0 Å². The van der Waals surface area contributed by atoms with E-state index in [0.29, 0.717) is 22.0 Å². The number of carbonyl (C=O) groups is 2. The molecule has 202 valence electrons. The lowest BCUT2D eigenvalue weighted by Gasteiger charge is -2.36. The van der Waals surface area contributed by atoms with Crippen LogP contribution in [0.4, 0.5) is 5.00 Å². The summed E-state index contributed by atoms with van der Waals surface area (Å²) in [6, 6.07) is 15.8. The summed E-state index contributed by atoms with van der Waals surface area (Å²) in [5.74, 6) is -0.118. The standard InChI is InChI=1S/C33H36N2O3S/c1-7-33(4,5)21-13-15-24-28(17-21)39-31(29(24)32(37)38-6)35-30(36)25-18-27(22-14-12-19(2)16-20(22)3)34-26-11-9-8-10-23(25)26/h8-12,14,16,18,21H,7,13,15,17H2,1-6H3,(H,35,36). The molecule has 1 aliphatic rings. The number of carbonyl (C=O) groups excluding carboxylic acids is 2. The van der Waals surface area contributed by atoms with Crippen LogP contribution in [0.15, 0.2) is 48.5 Å². The van der Waals surface area contributed by atoms with E-state index < -0.39 is 5.97 Å². The molecule has 39 heavy (non-hydrogen) atoms. The summed E-state index contributed by atoms with van der Waals surface area (Å²) in [5.41, 5.74) is 7.06. The van der Waals surface area contributed by atoms with Crippen molar-refractivity contribution < 1.29 is 14.3 Å². The second kappa shape index (κ2) is 10.6. The molecule has 0 radical (unpaired) electrons. The number of aryl methyl sites for hydroxylation is 2. The maximum absolute atomic E-state index is 13.9. The third-order valence-electron chi connectivity index (χ3n) is 8.52. The minimum absolute atomic E-state index is 0.219. The van der Waals surface area contributed by atoms with Gasteiger partial charge in [-0.05, 0) is 67.7 Å². The van der Waals surface area contributed by atoms with E-state index in [1.54, 1.807) is 0 Å². The average Bonchev–Trinajstić information content (AvgIpc) is 3.28. The van der Waals surface area contributed by atoms with E-state index in [-0.39, 0.29) is 11.3 Å². The number of esters is 1. The Hall–Kier alpha value is -3.51. The molecule has 5 nitrogen and oxygen atoms in total. The first-order valence-electron chi connectivity index (χ1n) is 13.6. The minimum atomic E-state index is -0.397. The SMILES string of the molecule is CCC(C)(C)C1CCc2c(sc(NC(=O)c3cc(-c4ccc(C)cc4C)nc4ccccc34)c2C(=O)OC)C1. The van der Waals surface area contributed by atoms with Crippen molar-refractivity contribution in [2.45, 2.75) is 60.3 Å². The molecule has 1 aliphatic carbocycles. The monoisotopic (exact) mass is 540 g/mol. The van der Waals surface area contributed by atoms with Gasteiger partial charge < -0.3 is 10.1 Å². The molecule has 5 rings (SSSR count). The summed E-state index contributed by atoms with van der Waals surface area (Å²) in [5, 5.41) is 4.45. The average molecular weight is 541 g/mol. The molecular weight excluding hydrogens is 504 g/mol. The number of para-hydroxylation sites is 1. The number of amides is 1. The van der Waals surface area contributed by atoms with Gasteiger partial charge in [0.05, 0.1) is 29.4 Å². The number of hydrogen-bond donors (Lipinski definition) is 1. The van der Waals surface area contributed by atoms with E-state index in [2.05, 4.69) is 58.1 Å². The highest BCUT2D eigenvalue weighted by Gasteiger charge is 2.35. The Morgan fingerprint density at radius 1 is 1.13 bits per heavy atom. The number of aromatic nitrogens is 1. The van der Waals surface area contributed by atoms with Crippen LogP contribution in [0.1, 0.15) is 75.9 Å². The molecule has 2 aromatic heterocycles. The fourth-order valence-corrected chi connectivity index (χ4v) is 7.03. The Balaban J connectivity index is 1.56. The van der Waals surface area contributed by atoms with Crippen molar-refractivity contribution in [3.05, 3.63) is 81.2 Å². The zero-order chi connectivity index (χ0) is 27.9. The molecule has 2 heterocycles. The lowest BCUT2D eigenvalue weighted by Crippen LogP contribution is -2.28. The molecule has 6 heteroatoms. The fraction of sp³-hybridized carbons (Fsp3) is 0.364. The zero-order valence-corrected chi connectivity index (χ0v) is 24.4. The molecule has 0 saturated carbocycles. The molecule has 0 aliphatic heterocycles. The van der Waals surface area contributed by atoms with Gasteiger partial charge in [-0.1, -0.05) is 69.2 Å². The van der Waals surface area contributed by atoms with Crippen molar-refractivity contribution >= 4 is 39.1 Å². The van der Waals surface area contributed by atoms with Gasteiger partial charge in [0.15, 0.2) is 0 Å². The summed E-state index contributed by atoms with van der Waals surface area (Å²) >= 11 is 1.52. The number of methoxy groups -OCH3 is 1. The van der Waals surface area contributed by atoms with Crippen molar-refractivity contribution in [1.82, 2.24) is 4.98 Å². The highest BCUT2D eigenvalue weighted by molar-refractivity contribution is 7.17. The minimum Gasteiger partial charge on any atom is -0.465 e. The van der Waals surface area contributed by atoms with Crippen LogP contribution in [0.2, 0.25) is 0 Å². The van der Waals surface area contributed by atoms with Crippen molar-refractivity contribution in [2.24, 2.45) is 11.3 Å². The van der Waals surface area contributed by atoms with Gasteiger partial charge in [0.2, 0.25) is 0 Å². The van der Waals surface area contributed by atoms with E-state index in [1.165, 1.54) is 28.9 Å². The number of thiophene rings is 1. The molecule has 4 aromatic rings. The van der Waals surface area contributed by atoms with Gasteiger partial charge in [-0.2, -0.15) is 0 Å². The number of nitrogens with one attached hydrogen (secondary N) is 1. The second-order valence-electron chi connectivity index (χ2n) is 11.3. The molecule has 1 unspecified atom stereocenters. The molecule has 1 atom stereocenters. The van der Waals surface area contributed by atoms with Crippen molar-refractivity contribution in [1.29, 1.82) is 0 Å². The van der Waals surface area contributed by atoms with Crippen molar-refractivity contribution in [3.63, 3.8) is 0 Å². The molecule has 2 aromatic carbocycles. The van der Waals surface area contributed by atoms with Gasteiger partial charge >= 0.3 is 5.97 Å². The fourth-order valence-electron chi connectivity index (χ4n) is 5.72. The van der Waals surface area contributed by atoms with Crippen LogP contribution in [-0.4, -0.2) is 24.0 Å². The maximum Gasteiger partial charge on any atom is 0.341 e. The molecule has 0 saturated heterocycles. The van der Waals surface area contributed by atoms with Crippen molar-refractivity contribution in [2.75, 3.05) is 12.4 Å². The van der Waals surface area contributed by atoms with Crippen LogP contribution in [0.5, 0.6) is 0 Å². The maximum atomic E-state index is 13.9. The van der Waals surface area contributed by atoms with Gasteiger partial charge in [-0.25, -0.2) is 9.78 Å². The molecule has 1 N–H and O–H groups in total. The second-order valence-corrected chi connectivity index (χ2v) is 12.4. The quantitative estimate of drug-likeness (QED) is 0.251. The Bertz CT molecular complexity index is 1580. The van der Waals surface area contributed by atoms with Crippen LogP contribution < -0.4 is 5.32 Å². The largest absolute Gasteiger partial charge is 0.465 e. The zero-order valence-electron chi connectivity index (χ0n) is 23.6. The Labute approximate surface area is 234 Å². The van der Waals surface area contributed by atoms with E-state index in [1.807, 2.05) is 30.3 Å². The van der Waals surface area contributed by atoms with Crippen LogP contribution in [0, 0.1) is 25.2 Å². The molecule has 0 spiro atoms. The summed E-state index contributed by atoms with van der Waals surface area (Å²) in [6.45, 7) is 11.0. The first-order valence-corrected chi connectivity index (χ1v) is 14.5. The van der Waals surface area contributed by atoms with Crippen molar-refractivity contribution in [3.8, 4) is 11.3 Å². The first kappa shape index (κ1) is 27.1.